The van der Waals surface area contributed by atoms with Gasteiger partial charge in [-0.3, -0.25) is 4.79 Å². The number of anilines is 2. The molecule has 0 saturated carbocycles. The lowest BCUT2D eigenvalue weighted by Crippen LogP contribution is -2.34. The minimum absolute atomic E-state index is 0.0181. The summed E-state index contributed by atoms with van der Waals surface area (Å²) in [6, 6.07) is 12.0. The number of carbonyl (C=O) groups is 2. The summed E-state index contributed by atoms with van der Waals surface area (Å²) in [6.07, 6.45) is 0. The molecule has 0 aliphatic rings. The summed E-state index contributed by atoms with van der Waals surface area (Å²) in [7, 11) is 1.60. The number of aryl methyl sites for hydroxylation is 1. The molecule has 3 N–H and O–H groups in total. The lowest BCUT2D eigenvalue weighted by molar-refractivity contribution is 0.102. The van der Waals surface area contributed by atoms with Crippen LogP contribution < -0.4 is 20.7 Å². The van der Waals surface area contributed by atoms with Crippen LogP contribution in [0.1, 0.15) is 29.8 Å². The lowest BCUT2D eigenvalue weighted by atomic mass is 10.1. The van der Waals surface area contributed by atoms with E-state index < -0.39 is 0 Å². The number of amides is 3. The van der Waals surface area contributed by atoms with Crippen LogP contribution in [0.4, 0.5) is 16.2 Å². The van der Waals surface area contributed by atoms with E-state index in [9.17, 15) is 9.59 Å². The molecule has 0 aliphatic heterocycles. The minimum atomic E-state index is -0.320. The first-order valence-electron chi connectivity index (χ1n) is 9.10. The zero-order valence-electron chi connectivity index (χ0n) is 16.7. The van der Waals surface area contributed by atoms with Crippen LogP contribution in [0.15, 0.2) is 42.5 Å². The van der Waals surface area contributed by atoms with Crippen molar-refractivity contribution in [1.29, 1.82) is 0 Å². The Kier molecular flexibility index (Phi) is 7.83. The normalized spacial score (nSPS) is 10.5. The van der Waals surface area contributed by atoms with Crippen LogP contribution in [-0.4, -0.2) is 38.3 Å². The molecule has 0 aliphatic carbocycles. The Morgan fingerprint density at radius 3 is 2.54 bits per heavy atom. The molecule has 0 aromatic heterocycles. The molecule has 0 bridgehead atoms. The van der Waals surface area contributed by atoms with Gasteiger partial charge < -0.3 is 25.4 Å². The largest absolute Gasteiger partial charge is 0.489 e. The molecule has 0 heterocycles. The molecule has 0 fully saturated rings. The van der Waals surface area contributed by atoms with Crippen LogP contribution >= 0.6 is 0 Å². The maximum absolute atomic E-state index is 12.7. The van der Waals surface area contributed by atoms with Gasteiger partial charge in [0.1, 0.15) is 12.4 Å². The number of carbonyl (C=O) groups excluding carboxylic acids is 2. The molecular formula is C21H27N3O4. The van der Waals surface area contributed by atoms with E-state index in [1.54, 1.807) is 37.4 Å². The summed E-state index contributed by atoms with van der Waals surface area (Å²) in [5.41, 5.74) is 2.55. The highest BCUT2D eigenvalue weighted by Gasteiger charge is 2.12. The summed E-state index contributed by atoms with van der Waals surface area (Å²) in [5.74, 6) is 0.282. The van der Waals surface area contributed by atoms with E-state index in [0.717, 1.165) is 5.56 Å². The smallest absolute Gasteiger partial charge is 0.319 e. The quantitative estimate of drug-likeness (QED) is 0.603. The number of rotatable bonds is 8. The fourth-order valence-corrected chi connectivity index (χ4v) is 2.45. The van der Waals surface area contributed by atoms with Crippen LogP contribution in [0.25, 0.3) is 0 Å². The van der Waals surface area contributed by atoms with Gasteiger partial charge in [0.15, 0.2) is 0 Å². The Hall–Kier alpha value is -3.06. The first-order chi connectivity index (χ1) is 13.4. The van der Waals surface area contributed by atoms with Crippen LogP contribution in [-0.2, 0) is 4.74 Å². The molecule has 2 rings (SSSR count). The Morgan fingerprint density at radius 1 is 1.04 bits per heavy atom. The summed E-state index contributed by atoms with van der Waals surface area (Å²) in [5, 5.41) is 8.32. The monoisotopic (exact) mass is 385 g/mol. The van der Waals surface area contributed by atoms with E-state index in [1.807, 2.05) is 32.9 Å². The molecule has 3 amide bonds. The van der Waals surface area contributed by atoms with Crippen LogP contribution in [0.3, 0.4) is 0 Å². The van der Waals surface area contributed by atoms with Gasteiger partial charge in [0.05, 0.1) is 12.3 Å². The maximum Gasteiger partial charge on any atom is 0.319 e. The average Bonchev–Trinajstić information content (AvgIpc) is 2.63. The number of nitrogens with one attached hydrogen (secondary N) is 3. The van der Waals surface area contributed by atoms with Gasteiger partial charge in [-0.05, 0) is 56.7 Å². The summed E-state index contributed by atoms with van der Waals surface area (Å²) in [4.78, 5) is 24.5. The second-order valence-corrected chi connectivity index (χ2v) is 6.63. The Labute approximate surface area is 165 Å². The molecule has 150 valence electrons. The van der Waals surface area contributed by atoms with Gasteiger partial charge in [0.25, 0.3) is 5.91 Å². The van der Waals surface area contributed by atoms with E-state index in [2.05, 4.69) is 16.0 Å². The SMILES string of the molecule is COCCOc1cc(C)ccc1NC(=O)c1cccc(NC(=O)NC(C)C)c1. The second-order valence-electron chi connectivity index (χ2n) is 6.63. The highest BCUT2D eigenvalue weighted by molar-refractivity contribution is 6.06. The van der Waals surface area contributed by atoms with Crippen molar-refractivity contribution >= 4 is 23.3 Å². The van der Waals surface area contributed by atoms with E-state index >= 15 is 0 Å². The van der Waals surface area contributed by atoms with Gasteiger partial charge in [-0.2, -0.15) is 0 Å². The standard InChI is InChI=1S/C21H27N3O4/c1-14(2)22-21(26)23-17-7-5-6-16(13-17)20(25)24-18-9-8-15(3)12-19(18)28-11-10-27-4/h5-9,12-14H,10-11H2,1-4H3,(H,24,25)(H2,22,23,26). The van der Waals surface area contributed by atoms with Gasteiger partial charge in [-0.25, -0.2) is 4.79 Å². The number of hydrogen-bond acceptors (Lipinski definition) is 4. The first kappa shape index (κ1) is 21.2. The van der Waals surface area contributed by atoms with Crippen molar-refractivity contribution in [2.45, 2.75) is 26.8 Å². The van der Waals surface area contributed by atoms with E-state index in [0.29, 0.717) is 35.9 Å². The summed E-state index contributed by atoms with van der Waals surface area (Å²) in [6.45, 7) is 6.53. The van der Waals surface area contributed by atoms with Crippen molar-refractivity contribution in [3.63, 3.8) is 0 Å². The summed E-state index contributed by atoms with van der Waals surface area (Å²) < 4.78 is 10.7. The van der Waals surface area contributed by atoms with Crippen LogP contribution in [0.5, 0.6) is 5.75 Å². The van der Waals surface area contributed by atoms with Crippen molar-refractivity contribution in [3.05, 3.63) is 53.6 Å². The fraction of sp³-hybridized carbons (Fsp3) is 0.333. The number of urea groups is 1. The first-order valence-corrected chi connectivity index (χ1v) is 9.10. The lowest BCUT2D eigenvalue weighted by Gasteiger charge is -2.14. The second kappa shape index (κ2) is 10.3. The van der Waals surface area contributed by atoms with E-state index in [4.69, 9.17) is 9.47 Å². The van der Waals surface area contributed by atoms with Crippen molar-refractivity contribution < 1.29 is 19.1 Å². The third-order valence-corrected chi connectivity index (χ3v) is 3.73. The molecule has 7 heteroatoms. The third-order valence-electron chi connectivity index (χ3n) is 3.73. The van der Waals surface area contributed by atoms with Gasteiger partial charge >= 0.3 is 6.03 Å². The number of methoxy groups -OCH3 is 1. The number of ether oxygens (including phenoxy) is 2. The van der Waals surface area contributed by atoms with Crippen molar-refractivity contribution in [3.8, 4) is 5.75 Å². The topological polar surface area (TPSA) is 88.7 Å². The molecule has 7 nitrogen and oxygen atoms in total. The van der Waals surface area contributed by atoms with Crippen LogP contribution in [0, 0.1) is 6.92 Å². The summed E-state index contributed by atoms with van der Waals surface area (Å²) >= 11 is 0. The molecule has 2 aromatic rings. The zero-order valence-corrected chi connectivity index (χ0v) is 16.7. The van der Waals surface area contributed by atoms with Gasteiger partial charge in [-0.15, -0.1) is 0 Å². The third kappa shape index (κ3) is 6.59. The maximum atomic E-state index is 12.7. The highest BCUT2D eigenvalue weighted by Crippen LogP contribution is 2.26. The average molecular weight is 385 g/mol. The Balaban J connectivity index is 2.10. The molecule has 0 atom stereocenters. The van der Waals surface area contributed by atoms with Crippen molar-refractivity contribution in [2.75, 3.05) is 31.0 Å². The predicted octanol–water partition coefficient (Wildman–Crippen LogP) is 3.80. The van der Waals surface area contributed by atoms with E-state index in [-0.39, 0.29) is 18.0 Å². The number of hydrogen-bond donors (Lipinski definition) is 3. The zero-order chi connectivity index (χ0) is 20.5. The Bertz CT molecular complexity index is 821. The highest BCUT2D eigenvalue weighted by atomic mass is 16.5. The van der Waals surface area contributed by atoms with E-state index in [1.165, 1.54) is 0 Å². The number of benzene rings is 2. The van der Waals surface area contributed by atoms with Gasteiger partial charge in [0, 0.05) is 24.4 Å². The van der Waals surface area contributed by atoms with Crippen molar-refractivity contribution in [2.24, 2.45) is 0 Å². The van der Waals surface area contributed by atoms with Gasteiger partial charge in [0.2, 0.25) is 0 Å². The molecule has 0 unspecified atom stereocenters. The fourth-order valence-electron chi connectivity index (χ4n) is 2.45. The predicted molar refractivity (Wildman–Crippen MR) is 110 cm³/mol. The molecule has 2 aromatic carbocycles. The van der Waals surface area contributed by atoms with Gasteiger partial charge in [-0.1, -0.05) is 12.1 Å². The minimum Gasteiger partial charge on any atom is -0.489 e. The molecular weight excluding hydrogens is 358 g/mol. The molecule has 0 spiro atoms. The van der Waals surface area contributed by atoms with Crippen LogP contribution in [0.2, 0.25) is 0 Å². The molecule has 28 heavy (non-hydrogen) atoms. The van der Waals surface area contributed by atoms with Crippen molar-refractivity contribution in [1.82, 2.24) is 5.32 Å². The molecule has 0 radical (unpaired) electrons. The molecule has 0 saturated heterocycles. The Morgan fingerprint density at radius 2 is 1.82 bits per heavy atom.